The Morgan fingerprint density at radius 2 is 1.76 bits per heavy atom. The van der Waals surface area contributed by atoms with E-state index in [1.807, 2.05) is 0 Å². The summed E-state index contributed by atoms with van der Waals surface area (Å²) >= 11 is 0. The Labute approximate surface area is 131 Å². The molecule has 21 heavy (non-hydrogen) atoms. The van der Waals surface area contributed by atoms with Gasteiger partial charge in [-0.05, 0) is 50.1 Å². The van der Waals surface area contributed by atoms with E-state index in [1.54, 1.807) is 7.11 Å². The normalized spacial score (nSPS) is 32.0. The van der Waals surface area contributed by atoms with Gasteiger partial charge in [-0.15, -0.1) is 0 Å². The van der Waals surface area contributed by atoms with Crippen molar-refractivity contribution in [1.29, 1.82) is 0 Å². The van der Waals surface area contributed by atoms with Gasteiger partial charge in [0.2, 0.25) is 0 Å². The lowest BCUT2D eigenvalue weighted by Gasteiger charge is -2.43. The first-order chi connectivity index (χ1) is 10.2. The van der Waals surface area contributed by atoms with Crippen LogP contribution < -0.4 is 5.32 Å². The van der Waals surface area contributed by atoms with Crippen molar-refractivity contribution in [3.05, 3.63) is 0 Å². The third-order valence-corrected chi connectivity index (χ3v) is 5.58. The molecule has 0 aromatic rings. The van der Waals surface area contributed by atoms with Gasteiger partial charge in [-0.3, -0.25) is 0 Å². The molecule has 1 saturated heterocycles. The van der Waals surface area contributed by atoms with Crippen LogP contribution in [-0.2, 0) is 4.74 Å². The van der Waals surface area contributed by atoms with E-state index in [9.17, 15) is 0 Å². The average Bonchev–Trinajstić information content (AvgIpc) is 2.75. The highest BCUT2D eigenvalue weighted by atomic mass is 16.5. The molecule has 2 rings (SSSR count). The highest BCUT2D eigenvalue weighted by Gasteiger charge is 2.35. The fraction of sp³-hybridized carbons (Fsp3) is 1.00. The van der Waals surface area contributed by atoms with Gasteiger partial charge in [-0.25, -0.2) is 0 Å². The summed E-state index contributed by atoms with van der Waals surface area (Å²) < 4.78 is 5.17. The van der Waals surface area contributed by atoms with Crippen LogP contribution in [0.1, 0.15) is 58.3 Å². The van der Waals surface area contributed by atoms with Crippen molar-refractivity contribution < 1.29 is 4.74 Å². The zero-order valence-electron chi connectivity index (χ0n) is 14.3. The van der Waals surface area contributed by atoms with Crippen LogP contribution in [0.15, 0.2) is 0 Å². The molecule has 2 fully saturated rings. The van der Waals surface area contributed by atoms with Gasteiger partial charge in [-0.1, -0.05) is 32.6 Å². The van der Waals surface area contributed by atoms with Crippen molar-refractivity contribution in [1.82, 2.24) is 10.2 Å². The van der Waals surface area contributed by atoms with Crippen molar-refractivity contribution in [2.45, 2.75) is 58.3 Å². The summed E-state index contributed by atoms with van der Waals surface area (Å²) in [5, 5.41) is 3.67. The predicted molar refractivity (Wildman–Crippen MR) is 89.7 cm³/mol. The van der Waals surface area contributed by atoms with Gasteiger partial charge in [0.15, 0.2) is 0 Å². The van der Waals surface area contributed by atoms with E-state index in [0.29, 0.717) is 5.41 Å². The van der Waals surface area contributed by atoms with Crippen LogP contribution in [0.25, 0.3) is 0 Å². The van der Waals surface area contributed by atoms with Crippen molar-refractivity contribution >= 4 is 0 Å². The topological polar surface area (TPSA) is 24.5 Å². The summed E-state index contributed by atoms with van der Waals surface area (Å²) in [5.41, 5.74) is 0.518. The molecule has 1 aliphatic heterocycles. The number of likely N-dealkylation sites (tertiary alicyclic amines) is 1. The van der Waals surface area contributed by atoms with Gasteiger partial charge in [0, 0.05) is 26.7 Å². The predicted octanol–water partition coefficient (Wildman–Crippen LogP) is 3.29. The molecule has 0 atom stereocenters. The molecule has 0 unspecified atom stereocenters. The Balaban J connectivity index is 1.87. The van der Waals surface area contributed by atoms with E-state index in [0.717, 1.165) is 19.1 Å². The van der Waals surface area contributed by atoms with Gasteiger partial charge < -0.3 is 15.0 Å². The van der Waals surface area contributed by atoms with E-state index in [4.69, 9.17) is 4.74 Å². The number of ether oxygens (including phenoxy) is 1. The van der Waals surface area contributed by atoms with Crippen molar-refractivity contribution in [3.8, 4) is 0 Å². The molecule has 3 heteroatoms. The molecule has 1 aliphatic carbocycles. The minimum atomic E-state index is 0.518. The second-order valence-corrected chi connectivity index (χ2v) is 7.54. The zero-order chi connectivity index (χ0) is 15.0. The molecule has 0 aromatic carbocycles. The molecule has 0 aromatic heterocycles. The van der Waals surface area contributed by atoms with Crippen LogP contribution in [0.5, 0.6) is 0 Å². The molecule has 0 spiro atoms. The first kappa shape index (κ1) is 17.2. The first-order valence-electron chi connectivity index (χ1n) is 9.16. The average molecular weight is 296 g/mol. The Kier molecular flexibility index (Phi) is 7.48. The van der Waals surface area contributed by atoms with Crippen molar-refractivity contribution in [2.24, 2.45) is 11.3 Å². The van der Waals surface area contributed by atoms with Crippen LogP contribution in [-0.4, -0.2) is 51.3 Å². The van der Waals surface area contributed by atoms with Gasteiger partial charge >= 0.3 is 0 Å². The second-order valence-electron chi connectivity index (χ2n) is 7.54. The van der Waals surface area contributed by atoms with Gasteiger partial charge in [0.1, 0.15) is 0 Å². The summed E-state index contributed by atoms with van der Waals surface area (Å²) in [6.45, 7) is 9.40. The fourth-order valence-corrected chi connectivity index (χ4v) is 4.06. The van der Waals surface area contributed by atoms with Crippen molar-refractivity contribution in [3.63, 3.8) is 0 Å². The maximum absolute atomic E-state index is 5.17. The molecule has 0 bridgehead atoms. The Morgan fingerprint density at radius 3 is 2.38 bits per heavy atom. The number of nitrogens with one attached hydrogen (secondary N) is 1. The Morgan fingerprint density at radius 1 is 1.10 bits per heavy atom. The summed E-state index contributed by atoms with van der Waals surface area (Å²) in [7, 11) is 1.79. The third-order valence-electron chi connectivity index (χ3n) is 5.58. The zero-order valence-corrected chi connectivity index (χ0v) is 14.3. The molecular weight excluding hydrogens is 260 g/mol. The summed E-state index contributed by atoms with van der Waals surface area (Å²) in [4.78, 5) is 2.76. The lowest BCUT2D eigenvalue weighted by molar-refractivity contribution is 0.0853. The van der Waals surface area contributed by atoms with Crippen molar-refractivity contribution in [2.75, 3.05) is 46.4 Å². The van der Waals surface area contributed by atoms with Gasteiger partial charge in [0.25, 0.3) is 0 Å². The summed E-state index contributed by atoms with van der Waals surface area (Å²) in [6, 6.07) is 0. The van der Waals surface area contributed by atoms with E-state index in [1.165, 1.54) is 77.5 Å². The van der Waals surface area contributed by atoms with Gasteiger partial charge in [-0.2, -0.15) is 0 Å². The van der Waals surface area contributed by atoms with E-state index in [2.05, 4.69) is 17.1 Å². The van der Waals surface area contributed by atoms with Crippen LogP contribution in [0, 0.1) is 11.3 Å². The van der Waals surface area contributed by atoms with E-state index >= 15 is 0 Å². The Bertz CT molecular complexity index is 266. The minimum Gasteiger partial charge on any atom is -0.383 e. The SMILES string of the molecule is COCCNCC1(CN2CCCCCC2)CCC(C)CC1. The highest BCUT2D eigenvalue weighted by molar-refractivity contribution is 4.89. The number of rotatable bonds is 7. The molecule has 124 valence electrons. The Hall–Kier alpha value is -0.120. The number of hydrogen-bond acceptors (Lipinski definition) is 3. The molecular formula is C18H36N2O. The lowest BCUT2D eigenvalue weighted by Crippen LogP contribution is -2.47. The summed E-state index contributed by atoms with van der Waals surface area (Å²) in [6.07, 6.45) is 11.3. The van der Waals surface area contributed by atoms with Crippen LogP contribution in [0.4, 0.5) is 0 Å². The van der Waals surface area contributed by atoms with Crippen LogP contribution in [0.2, 0.25) is 0 Å². The molecule has 2 aliphatic rings. The lowest BCUT2D eigenvalue weighted by atomic mass is 9.70. The molecule has 1 N–H and O–H groups in total. The van der Waals surface area contributed by atoms with Crippen LogP contribution >= 0.6 is 0 Å². The number of nitrogens with zero attached hydrogens (tertiary/aromatic N) is 1. The first-order valence-corrected chi connectivity index (χ1v) is 9.16. The smallest absolute Gasteiger partial charge is 0.0587 e. The molecule has 0 radical (unpaired) electrons. The maximum Gasteiger partial charge on any atom is 0.0587 e. The van der Waals surface area contributed by atoms with Gasteiger partial charge in [0.05, 0.1) is 6.61 Å². The minimum absolute atomic E-state index is 0.518. The molecule has 1 saturated carbocycles. The monoisotopic (exact) mass is 296 g/mol. The largest absolute Gasteiger partial charge is 0.383 e. The second kappa shape index (κ2) is 9.12. The summed E-state index contributed by atoms with van der Waals surface area (Å²) in [5.74, 6) is 0.932. The molecule has 1 heterocycles. The number of hydrogen-bond donors (Lipinski definition) is 1. The standard InChI is InChI=1S/C18H36N2O/c1-17-7-9-18(10-8-17,15-19-11-14-21-2)16-20-12-5-3-4-6-13-20/h17,19H,3-16H2,1-2H3. The molecule has 3 nitrogen and oxygen atoms in total. The van der Waals surface area contributed by atoms with Crippen LogP contribution in [0.3, 0.4) is 0 Å². The van der Waals surface area contributed by atoms with E-state index in [-0.39, 0.29) is 0 Å². The maximum atomic E-state index is 5.17. The molecule has 0 amide bonds. The third kappa shape index (κ3) is 5.88. The van der Waals surface area contributed by atoms with E-state index < -0.39 is 0 Å². The quantitative estimate of drug-likeness (QED) is 0.730. The fourth-order valence-electron chi connectivity index (χ4n) is 4.06. The number of methoxy groups -OCH3 is 1. The highest BCUT2D eigenvalue weighted by Crippen LogP contribution is 2.39.